The number of hydrogen-bond donors (Lipinski definition) is 0. The van der Waals surface area contributed by atoms with Crippen LogP contribution in [0.2, 0.25) is 0 Å². The largest absolute Gasteiger partial charge is 0.494 e. The fraction of sp³-hybridized carbons (Fsp3) is 0.250. The van der Waals surface area contributed by atoms with Crippen molar-refractivity contribution in [1.82, 2.24) is 0 Å². The molecule has 1 saturated heterocycles. The van der Waals surface area contributed by atoms with Crippen molar-refractivity contribution in [1.29, 1.82) is 0 Å². The smallest absolute Gasteiger partial charge is 0.399 e. The average Bonchev–Trinajstić information content (AvgIpc) is 3.11. The van der Waals surface area contributed by atoms with Crippen molar-refractivity contribution in [2.45, 2.75) is 48.7 Å². The molecule has 0 amide bonds. The van der Waals surface area contributed by atoms with Crippen LogP contribution in [0.25, 0.3) is 22.3 Å². The molecule has 0 aliphatic carbocycles. The zero-order chi connectivity index (χ0) is 20.4. The Bertz CT molecular complexity index is 1120. The second-order valence-electron chi connectivity index (χ2n) is 8.69. The summed E-state index contributed by atoms with van der Waals surface area (Å²) in [4.78, 5) is 1.79. The first-order chi connectivity index (χ1) is 13.8. The molecule has 0 saturated carbocycles. The summed E-state index contributed by atoms with van der Waals surface area (Å²) in [6, 6.07) is 22.4. The summed E-state index contributed by atoms with van der Waals surface area (Å²) in [5.41, 5.74) is 4.58. The second kappa shape index (κ2) is 6.40. The van der Waals surface area contributed by atoms with Gasteiger partial charge in [0.15, 0.2) is 0 Å². The van der Waals surface area contributed by atoms with Gasteiger partial charge in [-0.3, -0.25) is 0 Å². The third kappa shape index (κ3) is 2.91. The lowest BCUT2D eigenvalue weighted by atomic mass is 9.78. The normalized spacial score (nSPS) is 21.1. The maximum atomic E-state index is 12.9. The molecule has 0 aromatic heterocycles. The molecule has 1 fully saturated rings. The Morgan fingerprint density at radius 2 is 1.31 bits per heavy atom. The lowest BCUT2D eigenvalue weighted by Gasteiger charge is -2.32. The minimum Gasteiger partial charge on any atom is -0.399 e. The molecule has 1 unspecified atom stereocenters. The summed E-state index contributed by atoms with van der Waals surface area (Å²) >= 11 is 0. The monoisotopic (exact) mass is 402 g/mol. The van der Waals surface area contributed by atoms with Crippen molar-refractivity contribution in [3.05, 3.63) is 66.7 Å². The summed E-state index contributed by atoms with van der Waals surface area (Å²) in [6.45, 7) is 8.24. The summed E-state index contributed by atoms with van der Waals surface area (Å²) < 4.78 is 25.2. The standard InChI is InChI=1S/C24H23BO3S/c1-23(2)24(3,4)28-25(27-23)18-12-9-16(10-13-18)17-11-14-20-19-7-5-6-8-21(19)29(26)22(20)15-17/h5-15H,1-4H3. The highest BCUT2D eigenvalue weighted by atomic mass is 32.2. The van der Waals surface area contributed by atoms with Gasteiger partial charge in [0.25, 0.3) is 0 Å². The second-order valence-corrected chi connectivity index (χ2v) is 10.1. The van der Waals surface area contributed by atoms with Crippen LogP contribution in [0, 0.1) is 0 Å². The first-order valence-electron chi connectivity index (χ1n) is 9.88. The first kappa shape index (κ1) is 18.8. The molecule has 3 nitrogen and oxygen atoms in total. The van der Waals surface area contributed by atoms with Gasteiger partial charge in [-0.25, -0.2) is 4.21 Å². The number of hydrogen-bond acceptors (Lipinski definition) is 3. The highest BCUT2D eigenvalue weighted by Crippen LogP contribution is 2.42. The van der Waals surface area contributed by atoms with Gasteiger partial charge in [0.2, 0.25) is 0 Å². The van der Waals surface area contributed by atoms with Gasteiger partial charge >= 0.3 is 7.12 Å². The van der Waals surface area contributed by atoms with Gasteiger partial charge in [0, 0.05) is 0 Å². The van der Waals surface area contributed by atoms with E-state index in [1.807, 2.05) is 24.3 Å². The maximum Gasteiger partial charge on any atom is 0.494 e. The molecule has 2 heterocycles. The van der Waals surface area contributed by atoms with Gasteiger partial charge in [0.05, 0.1) is 31.8 Å². The molecular weight excluding hydrogens is 379 g/mol. The van der Waals surface area contributed by atoms with E-state index >= 15 is 0 Å². The Labute approximate surface area is 174 Å². The van der Waals surface area contributed by atoms with Crippen LogP contribution in [-0.4, -0.2) is 22.5 Å². The lowest BCUT2D eigenvalue weighted by Crippen LogP contribution is -2.41. The quantitative estimate of drug-likeness (QED) is 0.452. The number of fused-ring (bicyclic) bond motifs is 3. The number of rotatable bonds is 2. The van der Waals surface area contributed by atoms with Gasteiger partial charge in [-0.05, 0) is 67.5 Å². The van der Waals surface area contributed by atoms with Crippen molar-refractivity contribution in [2.75, 3.05) is 0 Å². The van der Waals surface area contributed by atoms with E-state index < -0.39 is 10.8 Å². The van der Waals surface area contributed by atoms with Crippen LogP contribution in [-0.2, 0) is 20.1 Å². The van der Waals surface area contributed by atoms with E-state index in [9.17, 15) is 4.21 Å². The van der Waals surface area contributed by atoms with Crippen LogP contribution in [0.4, 0.5) is 0 Å². The van der Waals surface area contributed by atoms with Gasteiger partial charge in [0.1, 0.15) is 0 Å². The minimum absolute atomic E-state index is 0.352. The molecule has 3 aromatic carbocycles. The van der Waals surface area contributed by atoms with Crippen molar-refractivity contribution < 1.29 is 13.5 Å². The third-order valence-electron chi connectivity index (χ3n) is 6.33. The molecule has 0 spiro atoms. The Morgan fingerprint density at radius 1 is 0.724 bits per heavy atom. The molecule has 0 N–H and O–H groups in total. The fourth-order valence-corrected chi connectivity index (χ4v) is 5.29. The van der Waals surface area contributed by atoms with Crippen LogP contribution in [0.1, 0.15) is 27.7 Å². The molecule has 2 aliphatic heterocycles. The molecule has 0 bridgehead atoms. The predicted molar refractivity (Wildman–Crippen MR) is 118 cm³/mol. The Hall–Kier alpha value is -2.21. The van der Waals surface area contributed by atoms with Crippen molar-refractivity contribution in [3.8, 4) is 22.3 Å². The highest BCUT2D eigenvalue weighted by molar-refractivity contribution is 7.85. The van der Waals surface area contributed by atoms with Crippen LogP contribution >= 0.6 is 0 Å². The molecule has 2 aliphatic rings. The van der Waals surface area contributed by atoms with E-state index in [0.717, 1.165) is 37.5 Å². The molecule has 1 atom stereocenters. The minimum atomic E-state index is -1.12. The Balaban J connectivity index is 1.45. The Morgan fingerprint density at radius 3 is 2.00 bits per heavy atom. The zero-order valence-electron chi connectivity index (χ0n) is 17.1. The topological polar surface area (TPSA) is 35.5 Å². The molecule has 5 rings (SSSR count). The highest BCUT2D eigenvalue weighted by Gasteiger charge is 2.51. The van der Waals surface area contributed by atoms with E-state index in [1.54, 1.807) is 0 Å². The maximum absolute atomic E-state index is 12.9. The first-order valence-corrected chi connectivity index (χ1v) is 11.0. The third-order valence-corrected chi connectivity index (χ3v) is 7.82. The summed E-state index contributed by atoms with van der Waals surface area (Å²) in [5, 5.41) is 0. The summed E-state index contributed by atoms with van der Waals surface area (Å²) in [6.07, 6.45) is 0. The van der Waals surface area contributed by atoms with Gasteiger partial charge in [-0.1, -0.05) is 54.6 Å². The van der Waals surface area contributed by atoms with Crippen LogP contribution in [0.5, 0.6) is 0 Å². The van der Waals surface area contributed by atoms with Gasteiger partial charge in [-0.15, -0.1) is 0 Å². The molecule has 29 heavy (non-hydrogen) atoms. The molecule has 0 radical (unpaired) electrons. The summed E-state index contributed by atoms with van der Waals surface area (Å²) in [5.74, 6) is 0. The Kier molecular flexibility index (Phi) is 4.15. The summed E-state index contributed by atoms with van der Waals surface area (Å²) in [7, 11) is -1.49. The van der Waals surface area contributed by atoms with E-state index in [-0.39, 0.29) is 18.3 Å². The molecular formula is C24H23BO3S. The van der Waals surface area contributed by atoms with E-state index in [1.165, 1.54) is 0 Å². The molecule has 146 valence electrons. The van der Waals surface area contributed by atoms with Crippen molar-refractivity contribution in [3.63, 3.8) is 0 Å². The SMILES string of the molecule is CC1(C)OB(c2ccc(-c3ccc4c(c3)S(=O)c3ccccc3-4)cc2)OC1(C)C. The zero-order valence-corrected chi connectivity index (χ0v) is 17.9. The lowest BCUT2D eigenvalue weighted by molar-refractivity contribution is 0.00578. The van der Waals surface area contributed by atoms with Crippen LogP contribution < -0.4 is 5.46 Å². The van der Waals surface area contributed by atoms with Crippen molar-refractivity contribution in [2.24, 2.45) is 0 Å². The van der Waals surface area contributed by atoms with E-state index in [4.69, 9.17) is 9.31 Å². The average molecular weight is 402 g/mol. The fourth-order valence-electron chi connectivity index (χ4n) is 3.86. The van der Waals surface area contributed by atoms with Gasteiger partial charge < -0.3 is 9.31 Å². The molecule has 5 heteroatoms. The molecule has 3 aromatic rings. The van der Waals surface area contributed by atoms with Crippen molar-refractivity contribution >= 4 is 23.4 Å². The van der Waals surface area contributed by atoms with Crippen LogP contribution in [0.15, 0.2) is 76.5 Å². The van der Waals surface area contributed by atoms with E-state index in [0.29, 0.717) is 0 Å². The number of benzene rings is 3. The predicted octanol–water partition coefficient (Wildman–Crippen LogP) is 4.80. The van der Waals surface area contributed by atoms with Crippen LogP contribution in [0.3, 0.4) is 0 Å². The van der Waals surface area contributed by atoms with E-state index in [2.05, 4.69) is 70.2 Å². The van der Waals surface area contributed by atoms with Gasteiger partial charge in [-0.2, -0.15) is 0 Å².